The molecule has 17 atom stereocenters. The van der Waals surface area contributed by atoms with Crippen molar-refractivity contribution in [3.63, 3.8) is 0 Å². The van der Waals surface area contributed by atoms with Gasteiger partial charge in [-0.3, -0.25) is 9.59 Å². The molecule has 3 saturated heterocycles. The van der Waals surface area contributed by atoms with Gasteiger partial charge >= 0.3 is 12.2 Å². The molecule has 0 spiro atoms. The summed E-state index contributed by atoms with van der Waals surface area (Å²) in [6.45, 7) is 12.5. The fraction of sp³-hybridized carbons (Fsp3) is 0.585. The number of ether oxygens (including phenoxy) is 4. The second-order valence-electron chi connectivity index (χ2n) is 21.0. The second kappa shape index (κ2) is 18.3. The molecule has 3 aliphatic carbocycles. The lowest BCUT2D eigenvalue weighted by Gasteiger charge is -2.39. The number of carbonyl (C=O) groups excluding carboxylic acids is 4. The Kier molecular flexibility index (Phi) is 12.4. The number of nitrogens with zero attached hydrogens (tertiary/aromatic N) is 3. The average molecular weight is 928 g/mol. The van der Waals surface area contributed by atoms with Crippen molar-refractivity contribution < 1.29 is 38.1 Å². The Bertz CT molecular complexity index is 2630. The molecule has 5 heterocycles. The molecule has 10 unspecified atom stereocenters. The zero-order valence-corrected chi connectivity index (χ0v) is 40.3. The van der Waals surface area contributed by atoms with Gasteiger partial charge in [0, 0.05) is 29.0 Å². The average Bonchev–Trinajstić information content (AvgIpc) is 3.77. The summed E-state index contributed by atoms with van der Waals surface area (Å²) in [5.74, 6) is 9.53. The minimum absolute atomic E-state index is 0.00445. The van der Waals surface area contributed by atoms with Gasteiger partial charge in [0.25, 0.3) is 0 Å². The number of hydrogen-bond donors (Lipinski definition) is 4. The molecule has 3 amide bonds. The standard InChI is InChI=1S/C53H65N7O8/c1-25-15-35(16-26(2)67-25)45(58-52(63)65-7)48(61)44-40(21-38-29(5)43(38)44)49-55-24-41(57-49)34-13-12-32-19-31(9-11-33(32)20-34)10-14-37-23-54-50(56-37)42-22-39-30(6)47(39)60(42)51(62)46(59-53(64)66-8)36-17-27(3)68-28(4)18-36/h9,11-13,19-20,23-30,35-36,38-40,42-47H,15-18,21-22H2,1-8H3,(H,54,56)(H,55,57)(H,58,63)(H,59,64)/t25-,26+,27-,28+,29?,30-,35?,36?,38?,39?,40-,42+,43?,44?,45?,46?,47?/m1/s1. The first-order valence-corrected chi connectivity index (χ1v) is 24.7. The van der Waals surface area contributed by atoms with Crippen LogP contribution in [0, 0.1) is 59.2 Å². The van der Waals surface area contributed by atoms with Crippen LogP contribution in [0.2, 0.25) is 0 Å². The monoisotopic (exact) mass is 927 g/mol. The topological polar surface area (TPSA) is 190 Å². The molecular formula is C53H65N7O8. The van der Waals surface area contributed by atoms with Gasteiger partial charge < -0.3 is 44.4 Å². The third-order valence-electron chi connectivity index (χ3n) is 16.5. The first-order chi connectivity index (χ1) is 32.7. The van der Waals surface area contributed by atoms with Gasteiger partial charge in [-0.15, -0.1) is 0 Å². The molecule has 2 aromatic carbocycles. The predicted octanol–water partition coefficient (Wildman–Crippen LogP) is 7.67. The number of imidazole rings is 2. The fourth-order valence-electron chi connectivity index (χ4n) is 13.3. The SMILES string of the molecule is COC(=O)NC(C(=O)C1C2C(C)C2C[C@H]1c1ncc(-c2ccc3cc(C#Cc4cnc([C@@H]5CC6C([C@@H]6C)N5C(=O)C(NC(=O)OC)C5C[C@@H](C)O[C@@H](C)C5)[nH]4)ccc3c2)[nH]1)C1C[C@@H](C)O[C@@H](C)C1. The van der Waals surface area contributed by atoms with Gasteiger partial charge in [0.1, 0.15) is 23.4 Å². The lowest BCUT2D eigenvalue weighted by atomic mass is 9.76. The Hall–Kier alpha value is -5.72. The van der Waals surface area contributed by atoms with E-state index >= 15 is 0 Å². The van der Waals surface area contributed by atoms with Crippen LogP contribution in [0.4, 0.5) is 9.59 Å². The highest BCUT2D eigenvalue weighted by atomic mass is 16.5. The van der Waals surface area contributed by atoms with E-state index in [4.69, 9.17) is 28.9 Å². The van der Waals surface area contributed by atoms with E-state index in [-0.39, 0.29) is 77.8 Å². The molecule has 0 radical (unpaired) electrons. The van der Waals surface area contributed by atoms with Gasteiger partial charge in [-0.25, -0.2) is 19.6 Å². The number of nitrogens with one attached hydrogen (secondary N) is 4. The molecule has 68 heavy (non-hydrogen) atoms. The van der Waals surface area contributed by atoms with Crippen LogP contribution in [-0.4, -0.2) is 105 Å². The number of alkyl carbamates (subject to hydrolysis) is 2. The maximum Gasteiger partial charge on any atom is 0.407 e. The molecule has 3 aliphatic heterocycles. The Morgan fingerprint density at radius 1 is 0.706 bits per heavy atom. The van der Waals surface area contributed by atoms with Crippen molar-refractivity contribution in [2.75, 3.05) is 14.2 Å². The number of Topliss-reactive ketones (excluding diaryl/α,β-unsaturated/α-hetero) is 1. The number of aromatic nitrogens is 4. The van der Waals surface area contributed by atoms with E-state index in [0.29, 0.717) is 60.9 Å². The van der Waals surface area contributed by atoms with Crippen molar-refractivity contribution in [3.8, 4) is 23.1 Å². The van der Waals surface area contributed by atoms with Crippen LogP contribution in [0.15, 0.2) is 48.8 Å². The van der Waals surface area contributed by atoms with Crippen LogP contribution in [0.1, 0.15) is 115 Å². The predicted molar refractivity (Wildman–Crippen MR) is 253 cm³/mol. The van der Waals surface area contributed by atoms with E-state index < -0.39 is 24.3 Å². The Labute approximate surface area is 398 Å². The number of rotatable bonds is 10. The molecule has 15 nitrogen and oxygen atoms in total. The van der Waals surface area contributed by atoms with Crippen molar-refractivity contribution in [1.82, 2.24) is 35.5 Å². The van der Waals surface area contributed by atoms with E-state index in [1.807, 2.05) is 44.9 Å². The van der Waals surface area contributed by atoms with Crippen LogP contribution < -0.4 is 10.6 Å². The molecule has 3 saturated carbocycles. The van der Waals surface area contributed by atoms with Crippen molar-refractivity contribution >= 4 is 34.6 Å². The first-order valence-electron chi connectivity index (χ1n) is 24.7. The van der Waals surface area contributed by atoms with E-state index in [9.17, 15) is 19.2 Å². The fourth-order valence-corrected chi connectivity index (χ4v) is 13.3. The Balaban J connectivity index is 0.833. The Morgan fingerprint density at radius 2 is 1.32 bits per heavy atom. The zero-order chi connectivity index (χ0) is 47.7. The number of hydrogen-bond acceptors (Lipinski definition) is 10. The molecule has 6 aliphatic rings. The summed E-state index contributed by atoms with van der Waals surface area (Å²) in [4.78, 5) is 73.1. The highest BCUT2D eigenvalue weighted by Crippen LogP contribution is 2.65. The maximum absolute atomic E-state index is 14.7. The zero-order valence-electron chi connectivity index (χ0n) is 40.3. The largest absolute Gasteiger partial charge is 0.453 e. The van der Waals surface area contributed by atoms with E-state index in [1.165, 1.54) is 14.2 Å². The quantitative estimate of drug-likeness (QED) is 0.115. The molecule has 10 rings (SSSR count). The number of carbonyl (C=O) groups is 4. The third kappa shape index (κ3) is 8.79. The normalized spacial score (nSPS) is 34.4. The van der Waals surface area contributed by atoms with E-state index in [0.717, 1.165) is 46.3 Å². The molecule has 360 valence electrons. The number of piperidine rings is 1. The van der Waals surface area contributed by atoms with E-state index in [1.54, 1.807) is 6.20 Å². The summed E-state index contributed by atoms with van der Waals surface area (Å²) in [6.07, 6.45) is 6.73. The number of likely N-dealkylation sites (tertiary alicyclic amines) is 1. The maximum atomic E-state index is 14.7. The summed E-state index contributed by atoms with van der Waals surface area (Å²) in [6, 6.07) is 10.9. The molecule has 0 bridgehead atoms. The number of methoxy groups -OCH3 is 2. The molecule has 6 fully saturated rings. The summed E-state index contributed by atoms with van der Waals surface area (Å²) >= 11 is 0. The first kappa shape index (κ1) is 46.0. The molecule has 15 heteroatoms. The summed E-state index contributed by atoms with van der Waals surface area (Å²) in [7, 11) is 2.66. The van der Waals surface area contributed by atoms with Gasteiger partial charge in [0.2, 0.25) is 5.91 Å². The van der Waals surface area contributed by atoms with Crippen LogP contribution >= 0.6 is 0 Å². The van der Waals surface area contributed by atoms with Crippen LogP contribution in [0.3, 0.4) is 0 Å². The number of ketones is 1. The van der Waals surface area contributed by atoms with Crippen LogP contribution in [0.25, 0.3) is 22.0 Å². The van der Waals surface area contributed by atoms with Gasteiger partial charge in [0.05, 0.1) is 68.8 Å². The minimum atomic E-state index is -0.731. The van der Waals surface area contributed by atoms with Crippen LogP contribution in [0.5, 0.6) is 0 Å². The number of fused-ring (bicyclic) bond motifs is 3. The van der Waals surface area contributed by atoms with Gasteiger partial charge in [-0.05, 0) is 143 Å². The number of aromatic amines is 2. The number of amides is 3. The molecule has 4 N–H and O–H groups in total. The van der Waals surface area contributed by atoms with Crippen molar-refractivity contribution in [2.24, 2.45) is 47.3 Å². The van der Waals surface area contributed by atoms with Crippen molar-refractivity contribution in [1.29, 1.82) is 0 Å². The van der Waals surface area contributed by atoms with Crippen molar-refractivity contribution in [3.05, 3.63) is 71.7 Å². The van der Waals surface area contributed by atoms with Gasteiger partial charge in [-0.2, -0.15) is 0 Å². The van der Waals surface area contributed by atoms with Crippen molar-refractivity contribution in [2.45, 2.75) is 135 Å². The molecule has 4 aromatic rings. The Morgan fingerprint density at radius 3 is 2.00 bits per heavy atom. The molecular weight excluding hydrogens is 863 g/mol. The van der Waals surface area contributed by atoms with E-state index in [2.05, 4.69) is 76.6 Å². The smallest absolute Gasteiger partial charge is 0.407 e. The minimum Gasteiger partial charge on any atom is -0.453 e. The summed E-state index contributed by atoms with van der Waals surface area (Å²) < 4.78 is 22.0. The van der Waals surface area contributed by atoms with Gasteiger partial charge in [0.15, 0.2) is 5.78 Å². The lowest BCUT2D eigenvalue weighted by molar-refractivity contribution is -0.140. The number of benzene rings is 2. The highest BCUT2D eigenvalue weighted by molar-refractivity contribution is 5.92. The number of H-pyrrole nitrogens is 2. The lowest BCUT2D eigenvalue weighted by Crippen LogP contribution is -2.55. The summed E-state index contributed by atoms with van der Waals surface area (Å²) in [5, 5.41) is 7.94. The summed E-state index contributed by atoms with van der Waals surface area (Å²) in [5.41, 5.74) is 3.38. The highest BCUT2D eigenvalue weighted by Gasteiger charge is 2.64. The van der Waals surface area contributed by atoms with Crippen LogP contribution in [-0.2, 0) is 28.5 Å². The third-order valence-corrected chi connectivity index (χ3v) is 16.5. The second-order valence-corrected chi connectivity index (χ2v) is 21.0. The molecule has 2 aromatic heterocycles. The van der Waals surface area contributed by atoms with Gasteiger partial charge in [-0.1, -0.05) is 38.0 Å².